The van der Waals surface area contributed by atoms with Gasteiger partial charge in [-0.25, -0.2) is 19.3 Å². The van der Waals surface area contributed by atoms with Crippen molar-refractivity contribution in [3.63, 3.8) is 0 Å². The lowest BCUT2D eigenvalue weighted by molar-refractivity contribution is -0.122. The fourth-order valence-corrected chi connectivity index (χ4v) is 7.40. The zero-order chi connectivity index (χ0) is 31.9. The smallest absolute Gasteiger partial charge is 0.257 e. The Bertz CT molecular complexity index is 1480. The van der Waals surface area contributed by atoms with E-state index in [1.54, 1.807) is 10.9 Å². The minimum absolute atomic E-state index is 0.0176. The number of hydrogen-bond donors (Lipinski definition) is 0. The van der Waals surface area contributed by atoms with Gasteiger partial charge in [-0.15, -0.1) is 5.10 Å². The molecule has 3 aromatic rings. The van der Waals surface area contributed by atoms with Gasteiger partial charge >= 0.3 is 0 Å². The molecule has 0 radical (unpaired) electrons. The highest BCUT2D eigenvalue weighted by atomic mass is 16.5. The Morgan fingerprint density at radius 3 is 2.49 bits per heavy atom. The monoisotopic (exact) mass is 617 g/mol. The third-order valence-corrected chi connectivity index (χ3v) is 10.6. The predicted molar refractivity (Wildman–Crippen MR) is 173 cm³/mol. The standard InChI is InChI=1S/C34H51N9O2/c1-23(2)30-29(21-43(38-30)32-35-25(4)18-26(5)36-32)31(44)41-15-11-34(12-16-41)19-28(10-17-45-34)42-20-27(37-39-42)9-14-40-13-8-24(3)33(6,7)22-40/h18,20-21,23-24,28H,8-17,19,22H2,1-7H3. The van der Waals surface area contributed by atoms with Crippen LogP contribution in [0.15, 0.2) is 18.5 Å². The molecule has 3 aromatic heterocycles. The van der Waals surface area contributed by atoms with E-state index in [9.17, 15) is 4.79 Å². The second-order valence-corrected chi connectivity index (χ2v) is 14.8. The molecular formula is C34H51N9O2. The van der Waals surface area contributed by atoms with Crippen molar-refractivity contribution in [3.05, 3.63) is 46.8 Å². The van der Waals surface area contributed by atoms with Gasteiger partial charge in [-0.1, -0.05) is 39.8 Å². The Kier molecular flexibility index (Phi) is 8.86. The second kappa shape index (κ2) is 12.5. The van der Waals surface area contributed by atoms with Crippen LogP contribution in [0.4, 0.5) is 0 Å². The summed E-state index contributed by atoms with van der Waals surface area (Å²) < 4.78 is 10.2. The van der Waals surface area contributed by atoms with Gasteiger partial charge in [0.25, 0.3) is 11.9 Å². The average Bonchev–Trinajstić information content (AvgIpc) is 3.66. The molecule has 1 spiro atoms. The van der Waals surface area contributed by atoms with Crippen molar-refractivity contribution in [2.45, 2.75) is 105 Å². The number of nitrogens with zero attached hydrogens (tertiary/aromatic N) is 9. The van der Waals surface area contributed by atoms with E-state index in [4.69, 9.17) is 9.84 Å². The molecule has 0 aromatic carbocycles. The van der Waals surface area contributed by atoms with Crippen LogP contribution in [0.2, 0.25) is 0 Å². The van der Waals surface area contributed by atoms with Gasteiger partial charge in [0.05, 0.1) is 28.6 Å². The number of hydrogen-bond acceptors (Lipinski definition) is 8. The maximum Gasteiger partial charge on any atom is 0.257 e. The first-order valence-electron chi connectivity index (χ1n) is 16.9. The van der Waals surface area contributed by atoms with Crippen molar-refractivity contribution >= 4 is 5.91 Å². The topological polar surface area (TPSA) is 107 Å². The van der Waals surface area contributed by atoms with Crippen molar-refractivity contribution in [2.75, 3.05) is 39.3 Å². The van der Waals surface area contributed by atoms with Crippen LogP contribution in [0.1, 0.15) is 112 Å². The molecule has 3 saturated heterocycles. The van der Waals surface area contributed by atoms with Crippen molar-refractivity contribution < 1.29 is 9.53 Å². The van der Waals surface area contributed by atoms with E-state index in [1.807, 2.05) is 24.8 Å². The molecule has 1 amide bonds. The molecule has 2 unspecified atom stereocenters. The largest absolute Gasteiger partial charge is 0.375 e. The zero-order valence-corrected chi connectivity index (χ0v) is 28.3. The minimum Gasteiger partial charge on any atom is -0.375 e. The van der Waals surface area contributed by atoms with Gasteiger partial charge in [-0.05, 0) is 75.8 Å². The highest BCUT2D eigenvalue weighted by Gasteiger charge is 2.42. The van der Waals surface area contributed by atoms with E-state index < -0.39 is 0 Å². The molecule has 6 heterocycles. The number of aromatic nitrogens is 7. The Labute approximate surface area is 267 Å². The highest BCUT2D eigenvalue weighted by Crippen LogP contribution is 2.40. The van der Waals surface area contributed by atoms with Crippen LogP contribution in [-0.2, 0) is 11.2 Å². The van der Waals surface area contributed by atoms with Gasteiger partial charge < -0.3 is 14.5 Å². The third-order valence-electron chi connectivity index (χ3n) is 10.6. The summed E-state index contributed by atoms with van der Waals surface area (Å²) in [4.78, 5) is 27.5. The van der Waals surface area contributed by atoms with E-state index in [1.165, 1.54) is 13.0 Å². The fraction of sp³-hybridized carbons (Fsp3) is 0.706. The van der Waals surface area contributed by atoms with Crippen LogP contribution in [0.25, 0.3) is 5.95 Å². The Morgan fingerprint density at radius 1 is 1.07 bits per heavy atom. The van der Waals surface area contributed by atoms with Crippen LogP contribution >= 0.6 is 0 Å². The summed E-state index contributed by atoms with van der Waals surface area (Å²) in [5.74, 6) is 1.37. The first-order valence-corrected chi connectivity index (χ1v) is 16.9. The first-order chi connectivity index (χ1) is 21.4. The molecule has 3 aliphatic heterocycles. The molecule has 0 bridgehead atoms. The van der Waals surface area contributed by atoms with E-state index in [2.05, 4.69) is 70.7 Å². The maximum absolute atomic E-state index is 13.9. The number of carbonyl (C=O) groups excluding carboxylic acids is 1. The van der Waals surface area contributed by atoms with E-state index in [0.29, 0.717) is 36.6 Å². The van der Waals surface area contributed by atoms with Crippen LogP contribution in [-0.4, -0.2) is 95.4 Å². The zero-order valence-electron chi connectivity index (χ0n) is 28.3. The molecule has 3 fully saturated rings. The molecule has 6 rings (SSSR count). The molecule has 244 valence electrons. The Morgan fingerprint density at radius 2 is 1.80 bits per heavy atom. The van der Waals surface area contributed by atoms with E-state index in [0.717, 1.165) is 73.9 Å². The van der Waals surface area contributed by atoms with Crippen LogP contribution in [0, 0.1) is 25.2 Å². The van der Waals surface area contributed by atoms with Gasteiger partial charge in [0.1, 0.15) is 0 Å². The number of aryl methyl sites for hydroxylation is 2. The second-order valence-electron chi connectivity index (χ2n) is 14.8. The number of amides is 1. The number of rotatable bonds is 7. The quantitative estimate of drug-likeness (QED) is 0.367. The molecule has 11 heteroatoms. The van der Waals surface area contributed by atoms with E-state index >= 15 is 0 Å². The van der Waals surface area contributed by atoms with Gasteiger partial charge in [0.15, 0.2) is 0 Å². The number of carbonyl (C=O) groups is 1. The van der Waals surface area contributed by atoms with Crippen molar-refractivity contribution in [1.29, 1.82) is 0 Å². The number of piperidine rings is 2. The summed E-state index contributed by atoms with van der Waals surface area (Å²) in [6, 6.07) is 2.20. The summed E-state index contributed by atoms with van der Waals surface area (Å²) >= 11 is 0. The lowest BCUT2D eigenvalue weighted by Crippen LogP contribution is -2.51. The lowest BCUT2D eigenvalue weighted by atomic mass is 9.75. The molecule has 0 N–H and O–H groups in total. The number of ether oxygens (including phenoxy) is 1. The first kappa shape index (κ1) is 31.8. The molecule has 11 nitrogen and oxygen atoms in total. The van der Waals surface area contributed by atoms with Gasteiger partial charge in [0.2, 0.25) is 0 Å². The van der Waals surface area contributed by atoms with Crippen molar-refractivity contribution in [3.8, 4) is 5.95 Å². The normalized spacial score (nSPS) is 23.6. The third kappa shape index (κ3) is 6.84. The Hall–Kier alpha value is -3.18. The van der Waals surface area contributed by atoms with Gasteiger partial charge in [-0.3, -0.25) is 4.79 Å². The molecule has 3 aliphatic rings. The highest BCUT2D eigenvalue weighted by molar-refractivity contribution is 5.95. The molecule has 0 aliphatic carbocycles. The van der Waals surface area contributed by atoms with Crippen LogP contribution in [0.3, 0.4) is 0 Å². The van der Waals surface area contributed by atoms with Gasteiger partial charge in [0, 0.05) is 63.0 Å². The summed E-state index contributed by atoms with van der Waals surface area (Å²) in [5, 5.41) is 13.9. The van der Waals surface area contributed by atoms with Crippen LogP contribution in [0.5, 0.6) is 0 Å². The average molecular weight is 618 g/mol. The lowest BCUT2D eigenvalue weighted by Gasteiger charge is -2.46. The summed E-state index contributed by atoms with van der Waals surface area (Å²) in [7, 11) is 0. The molecule has 0 saturated carbocycles. The summed E-state index contributed by atoms with van der Waals surface area (Å²) in [5.41, 5.74) is 4.34. The molecular weight excluding hydrogens is 566 g/mol. The summed E-state index contributed by atoms with van der Waals surface area (Å²) in [6.07, 6.45) is 9.61. The van der Waals surface area contributed by atoms with Crippen molar-refractivity contribution in [2.24, 2.45) is 11.3 Å². The van der Waals surface area contributed by atoms with Crippen LogP contribution < -0.4 is 0 Å². The summed E-state index contributed by atoms with van der Waals surface area (Å²) in [6.45, 7) is 20.5. The SMILES string of the molecule is Cc1cc(C)nc(-n2cc(C(=O)N3CCC4(CC3)CC(n3cc(CCN5CCC(C)C(C)(C)C5)nn3)CCO4)c(C(C)C)n2)n1. The molecule has 2 atom stereocenters. The maximum atomic E-state index is 13.9. The van der Waals surface area contributed by atoms with E-state index in [-0.39, 0.29) is 23.5 Å². The van der Waals surface area contributed by atoms with Gasteiger partial charge in [-0.2, -0.15) is 5.10 Å². The number of likely N-dealkylation sites (tertiary alicyclic amines) is 2. The Balaban J connectivity index is 1.07. The predicted octanol–water partition coefficient (Wildman–Crippen LogP) is 4.93. The van der Waals surface area contributed by atoms with Crippen molar-refractivity contribution in [1.82, 2.24) is 44.5 Å². The molecule has 45 heavy (non-hydrogen) atoms. The fourth-order valence-electron chi connectivity index (χ4n) is 7.40. The minimum atomic E-state index is -0.236.